The third kappa shape index (κ3) is 4.93. The molecule has 1 aromatic heterocycles. The largest absolute Gasteiger partial charge is 0.481 e. The number of nitrogens with two attached hydrogens (primary N) is 1. The normalized spacial score (nSPS) is 10.9. The van der Waals surface area contributed by atoms with Gasteiger partial charge in [0, 0.05) is 11.3 Å². The van der Waals surface area contributed by atoms with Crippen LogP contribution in [-0.4, -0.2) is 23.4 Å². The Bertz CT molecular complexity index is 423. The number of carbonyl (C=O) groups is 2. The summed E-state index contributed by atoms with van der Waals surface area (Å²) in [7, 11) is 0. The lowest BCUT2D eigenvalue weighted by Gasteiger charge is -1.93. The molecule has 0 aliphatic heterocycles. The zero-order chi connectivity index (χ0) is 12.7. The Morgan fingerprint density at radius 3 is 2.76 bits per heavy atom. The van der Waals surface area contributed by atoms with Gasteiger partial charge in [-0.2, -0.15) is 0 Å². The third-order valence-electron chi connectivity index (χ3n) is 2.08. The molecule has 0 saturated carbocycles. The van der Waals surface area contributed by atoms with E-state index in [9.17, 15) is 9.59 Å². The van der Waals surface area contributed by atoms with Crippen LogP contribution >= 0.6 is 11.3 Å². The van der Waals surface area contributed by atoms with Gasteiger partial charge in [0.1, 0.15) is 0 Å². The number of aliphatic carboxylic acids is 1. The van der Waals surface area contributed by atoms with Crippen LogP contribution in [0.4, 0.5) is 0 Å². The summed E-state index contributed by atoms with van der Waals surface area (Å²) >= 11 is 1.37. The fourth-order valence-corrected chi connectivity index (χ4v) is 2.14. The molecule has 0 bridgehead atoms. The highest BCUT2D eigenvalue weighted by atomic mass is 32.1. The molecule has 0 radical (unpaired) electrons. The van der Waals surface area contributed by atoms with Gasteiger partial charge in [0.25, 0.3) is 0 Å². The van der Waals surface area contributed by atoms with E-state index in [0.717, 1.165) is 11.3 Å². The SMILES string of the molecule is NCCC=Cc1ccc(C(=O)CCC(=O)O)s1. The van der Waals surface area contributed by atoms with E-state index in [1.807, 2.05) is 18.2 Å². The first-order valence-electron chi connectivity index (χ1n) is 5.35. The Balaban J connectivity index is 2.55. The molecule has 92 valence electrons. The van der Waals surface area contributed by atoms with Crippen molar-refractivity contribution in [2.75, 3.05) is 6.54 Å². The monoisotopic (exact) mass is 253 g/mol. The number of hydrogen-bond donors (Lipinski definition) is 2. The standard InChI is InChI=1S/C12H15NO3S/c13-8-2-1-3-9-4-6-11(17-9)10(14)5-7-12(15)16/h1,3-4,6H,2,5,7-8,13H2,(H,15,16). The average molecular weight is 253 g/mol. The van der Waals surface area contributed by atoms with Crippen molar-refractivity contribution in [3.63, 3.8) is 0 Å². The summed E-state index contributed by atoms with van der Waals surface area (Å²) in [6.45, 7) is 0.603. The number of carbonyl (C=O) groups excluding carboxylic acids is 1. The zero-order valence-corrected chi connectivity index (χ0v) is 10.2. The highest BCUT2D eigenvalue weighted by Crippen LogP contribution is 2.20. The van der Waals surface area contributed by atoms with Crippen molar-refractivity contribution in [1.82, 2.24) is 0 Å². The first-order valence-corrected chi connectivity index (χ1v) is 6.16. The maximum atomic E-state index is 11.6. The molecule has 0 aliphatic rings. The van der Waals surface area contributed by atoms with Crippen LogP contribution in [0.25, 0.3) is 6.08 Å². The zero-order valence-electron chi connectivity index (χ0n) is 9.39. The van der Waals surface area contributed by atoms with Gasteiger partial charge in [-0.1, -0.05) is 6.08 Å². The highest BCUT2D eigenvalue weighted by molar-refractivity contribution is 7.14. The number of hydrogen-bond acceptors (Lipinski definition) is 4. The minimum Gasteiger partial charge on any atom is -0.481 e. The van der Waals surface area contributed by atoms with Gasteiger partial charge < -0.3 is 10.8 Å². The van der Waals surface area contributed by atoms with E-state index in [2.05, 4.69) is 0 Å². The van der Waals surface area contributed by atoms with Crippen LogP contribution in [0.2, 0.25) is 0 Å². The highest BCUT2D eigenvalue weighted by Gasteiger charge is 2.10. The molecule has 1 aromatic rings. The molecule has 0 saturated heterocycles. The molecule has 0 spiro atoms. The van der Waals surface area contributed by atoms with E-state index in [0.29, 0.717) is 11.4 Å². The van der Waals surface area contributed by atoms with Crippen LogP contribution in [0.5, 0.6) is 0 Å². The summed E-state index contributed by atoms with van der Waals surface area (Å²) in [6.07, 6.45) is 4.62. The Kier molecular flexibility index (Phi) is 5.59. The first-order chi connectivity index (χ1) is 8.13. The molecule has 0 atom stereocenters. The van der Waals surface area contributed by atoms with Crippen LogP contribution in [0.1, 0.15) is 33.8 Å². The van der Waals surface area contributed by atoms with Crippen molar-refractivity contribution in [2.45, 2.75) is 19.3 Å². The molecular weight excluding hydrogens is 238 g/mol. The van der Waals surface area contributed by atoms with Crippen LogP contribution in [0, 0.1) is 0 Å². The number of thiophene rings is 1. The minimum absolute atomic E-state index is 0.0573. The van der Waals surface area contributed by atoms with Crippen LogP contribution < -0.4 is 5.73 Å². The Morgan fingerprint density at radius 2 is 2.12 bits per heavy atom. The lowest BCUT2D eigenvalue weighted by atomic mass is 10.2. The van der Waals surface area contributed by atoms with Gasteiger partial charge in [0.05, 0.1) is 11.3 Å². The molecule has 1 heterocycles. The van der Waals surface area contributed by atoms with Gasteiger partial charge in [0.2, 0.25) is 0 Å². The molecule has 3 N–H and O–H groups in total. The average Bonchev–Trinajstić information content (AvgIpc) is 2.75. The van der Waals surface area contributed by atoms with Crippen LogP contribution in [0.3, 0.4) is 0 Å². The lowest BCUT2D eigenvalue weighted by molar-refractivity contribution is -0.136. The Labute approximate surface area is 104 Å². The smallest absolute Gasteiger partial charge is 0.303 e. The molecule has 0 amide bonds. The van der Waals surface area contributed by atoms with Gasteiger partial charge in [0.15, 0.2) is 5.78 Å². The Morgan fingerprint density at radius 1 is 1.35 bits per heavy atom. The first kappa shape index (κ1) is 13.6. The van der Waals surface area contributed by atoms with Crippen LogP contribution in [0.15, 0.2) is 18.2 Å². The van der Waals surface area contributed by atoms with Gasteiger partial charge >= 0.3 is 5.97 Å². The number of carboxylic acids is 1. The van der Waals surface area contributed by atoms with E-state index in [1.165, 1.54) is 11.3 Å². The van der Waals surface area contributed by atoms with Gasteiger partial charge in [-0.25, -0.2) is 0 Å². The predicted molar refractivity (Wildman–Crippen MR) is 68.2 cm³/mol. The summed E-state index contributed by atoms with van der Waals surface area (Å²) in [6, 6.07) is 3.59. The maximum Gasteiger partial charge on any atom is 0.303 e. The van der Waals surface area contributed by atoms with E-state index in [-0.39, 0.29) is 18.6 Å². The molecule has 17 heavy (non-hydrogen) atoms. The van der Waals surface area contributed by atoms with Crippen LogP contribution in [-0.2, 0) is 4.79 Å². The second-order valence-corrected chi connectivity index (χ2v) is 4.61. The second-order valence-electron chi connectivity index (χ2n) is 3.50. The number of carboxylic acid groups (broad SMARTS) is 1. The molecule has 0 aromatic carbocycles. The number of Topliss-reactive ketones (excluding diaryl/α,β-unsaturated/α-hetero) is 1. The van der Waals surface area contributed by atoms with E-state index in [1.54, 1.807) is 6.07 Å². The molecule has 1 rings (SSSR count). The fraction of sp³-hybridized carbons (Fsp3) is 0.333. The summed E-state index contributed by atoms with van der Waals surface area (Å²) in [5, 5.41) is 8.49. The summed E-state index contributed by atoms with van der Waals surface area (Å²) in [4.78, 5) is 23.5. The van der Waals surface area contributed by atoms with E-state index < -0.39 is 5.97 Å². The van der Waals surface area contributed by atoms with E-state index >= 15 is 0 Å². The van der Waals surface area contributed by atoms with Crippen molar-refractivity contribution in [1.29, 1.82) is 0 Å². The fourth-order valence-electron chi connectivity index (χ4n) is 1.23. The second kappa shape index (κ2) is 6.98. The molecule has 4 nitrogen and oxygen atoms in total. The Hall–Kier alpha value is -1.46. The van der Waals surface area contributed by atoms with Crippen molar-refractivity contribution in [2.24, 2.45) is 5.73 Å². The molecular formula is C12H15NO3S. The molecule has 5 heteroatoms. The van der Waals surface area contributed by atoms with Crippen molar-refractivity contribution in [3.8, 4) is 0 Å². The van der Waals surface area contributed by atoms with Gasteiger partial charge in [-0.05, 0) is 31.2 Å². The third-order valence-corrected chi connectivity index (χ3v) is 3.17. The minimum atomic E-state index is -0.946. The van der Waals surface area contributed by atoms with E-state index in [4.69, 9.17) is 10.8 Å². The predicted octanol–water partition coefficient (Wildman–Crippen LogP) is 2.16. The maximum absolute atomic E-state index is 11.6. The number of rotatable bonds is 7. The molecule has 0 aliphatic carbocycles. The summed E-state index contributed by atoms with van der Waals surface area (Å²) < 4.78 is 0. The quantitative estimate of drug-likeness (QED) is 0.730. The van der Waals surface area contributed by atoms with Gasteiger partial charge in [-0.3, -0.25) is 9.59 Å². The van der Waals surface area contributed by atoms with Crippen molar-refractivity contribution in [3.05, 3.63) is 28.0 Å². The topological polar surface area (TPSA) is 80.4 Å². The van der Waals surface area contributed by atoms with Crippen molar-refractivity contribution < 1.29 is 14.7 Å². The lowest BCUT2D eigenvalue weighted by Crippen LogP contribution is -2.01. The summed E-state index contributed by atoms with van der Waals surface area (Å²) in [5.74, 6) is -1.06. The molecule has 0 unspecified atom stereocenters. The van der Waals surface area contributed by atoms with Gasteiger partial charge in [-0.15, -0.1) is 11.3 Å². The van der Waals surface area contributed by atoms with Crippen molar-refractivity contribution >= 4 is 29.2 Å². The molecule has 0 fully saturated rings. The number of ketones is 1. The summed E-state index contributed by atoms with van der Waals surface area (Å²) in [5.41, 5.74) is 5.36.